The molecular weight excluding hydrogens is 178 g/mol. The molecule has 2 fully saturated rings. The topological polar surface area (TPSA) is 44.4 Å². The summed E-state index contributed by atoms with van der Waals surface area (Å²) in [6.07, 6.45) is 5.82. The summed E-state index contributed by atoms with van der Waals surface area (Å²) in [5.41, 5.74) is 2.99. The fourth-order valence-electron chi connectivity index (χ4n) is 2.15. The first-order chi connectivity index (χ1) is 6.86. The number of hydrogen-bond acceptors (Lipinski definition) is 3. The van der Waals surface area contributed by atoms with Crippen molar-refractivity contribution in [1.29, 1.82) is 0 Å². The summed E-state index contributed by atoms with van der Waals surface area (Å²) >= 11 is 0. The Balaban J connectivity index is 1.75. The van der Waals surface area contributed by atoms with Crippen LogP contribution in [0.2, 0.25) is 0 Å². The number of amides is 1. The van der Waals surface area contributed by atoms with Gasteiger partial charge >= 0.3 is 0 Å². The molecule has 0 aliphatic carbocycles. The lowest BCUT2D eigenvalue weighted by atomic mass is 10.2. The van der Waals surface area contributed by atoms with E-state index in [-0.39, 0.29) is 11.9 Å². The van der Waals surface area contributed by atoms with E-state index < -0.39 is 0 Å². The van der Waals surface area contributed by atoms with Gasteiger partial charge in [-0.2, -0.15) is 0 Å². The number of carbonyl (C=O) groups excluding carboxylic acids is 1. The predicted octanol–water partition coefficient (Wildman–Crippen LogP) is 0.255. The van der Waals surface area contributed by atoms with Gasteiger partial charge in [-0.15, -0.1) is 0 Å². The van der Waals surface area contributed by atoms with Gasteiger partial charge in [0.25, 0.3) is 5.91 Å². The molecule has 2 aliphatic rings. The maximum Gasteiger partial charge on any atom is 0.251 e. The quantitative estimate of drug-likeness (QED) is 0.667. The van der Waals surface area contributed by atoms with Gasteiger partial charge in [0, 0.05) is 13.1 Å². The van der Waals surface area contributed by atoms with Gasteiger partial charge in [0.05, 0.1) is 6.04 Å². The molecule has 0 aromatic rings. The monoisotopic (exact) mass is 197 g/mol. The van der Waals surface area contributed by atoms with Crippen LogP contribution in [0.3, 0.4) is 0 Å². The molecule has 0 aromatic heterocycles. The van der Waals surface area contributed by atoms with Gasteiger partial charge in [0.1, 0.15) is 0 Å². The Morgan fingerprint density at radius 1 is 1.21 bits per heavy atom. The lowest BCUT2D eigenvalue weighted by Gasteiger charge is -2.28. The highest BCUT2D eigenvalue weighted by atomic mass is 16.2. The lowest BCUT2D eigenvalue weighted by Crippen LogP contribution is -2.50. The van der Waals surface area contributed by atoms with Crippen LogP contribution < -0.4 is 10.7 Å². The molecule has 2 heterocycles. The van der Waals surface area contributed by atoms with Crippen molar-refractivity contribution in [2.24, 2.45) is 0 Å². The fraction of sp³-hybridized carbons (Fsp3) is 0.900. The molecule has 1 atom stereocenters. The number of nitrogens with one attached hydrogen (secondary N) is 2. The number of nitrogens with zero attached hydrogens (tertiary/aromatic N) is 1. The first kappa shape index (κ1) is 9.93. The van der Waals surface area contributed by atoms with Crippen LogP contribution in [-0.2, 0) is 4.79 Å². The Morgan fingerprint density at radius 2 is 2.00 bits per heavy atom. The van der Waals surface area contributed by atoms with Crippen molar-refractivity contribution in [3.63, 3.8) is 0 Å². The van der Waals surface area contributed by atoms with Gasteiger partial charge in [-0.05, 0) is 32.2 Å². The number of hydrazine groups is 1. The Kier molecular flexibility index (Phi) is 3.37. The molecular formula is C10H19N3O. The molecule has 2 N–H and O–H groups in total. The van der Waals surface area contributed by atoms with Crippen molar-refractivity contribution in [2.45, 2.75) is 38.1 Å². The summed E-state index contributed by atoms with van der Waals surface area (Å²) in [7, 11) is 0. The van der Waals surface area contributed by atoms with Crippen LogP contribution in [0, 0.1) is 0 Å². The summed E-state index contributed by atoms with van der Waals surface area (Å²) in [5, 5.41) is 5.27. The normalized spacial score (nSPS) is 29.0. The third-order valence-corrected chi connectivity index (χ3v) is 3.00. The Bertz CT molecular complexity index is 196. The van der Waals surface area contributed by atoms with E-state index in [0.717, 1.165) is 32.5 Å². The zero-order chi connectivity index (χ0) is 9.80. The fourth-order valence-corrected chi connectivity index (χ4v) is 2.15. The standard InChI is InChI=1S/C10H19N3O/c14-10(9-5-4-6-11-9)12-13-7-2-1-3-8-13/h9,11H,1-8H2,(H,12,14). The van der Waals surface area contributed by atoms with Crippen molar-refractivity contribution in [3.05, 3.63) is 0 Å². The van der Waals surface area contributed by atoms with Crippen molar-refractivity contribution in [2.75, 3.05) is 19.6 Å². The number of rotatable bonds is 2. The molecule has 0 saturated carbocycles. The van der Waals surface area contributed by atoms with Crippen molar-refractivity contribution >= 4 is 5.91 Å². The maximum absolute atomic E-state index is 11.7. The van der Waals surface area contributed by atoms with E-state index in [9.17, 15) is 4.79 Å². The van der Waals surface area contributed by atoms with Crippen molar-refractivity contribution in [3.8, 4) is 0 Å². The highest BCUT2D eigenvalue weighted by Crippen LogP contribution is 2.08. The van der Waals surface area contributed by atoms with Crippen LogP contribution in [0.4, 0.5) is 0 Å². The van der Waals surface area contributed by atoms with Crippen molar-refractivity contribution < 1.29 is 4.79 Å². The summed E-state index contributed by atoms with van der Waals surface area (Å²) in [5.74, 6) is 0.157. The van der Waals surface area contributed by atoms with Crippen molar-refractivity contribution in [1.82, 2.24) is 15.8 Å². The molecule has 4 nitrogen and oxygen atoms in total. The summed E-state index contributed by atoms with van der Waals surface area (Å²) < 4.78 is 0. The molecule has 2 aliphatic heterocycles. The van der Waals surface area contributed by atoms with Gasteiger partial charge < -0.3 is 5.32 Å². The van der Waals surface area contributed by atoms with E-state index >= 15 is 0 Å². The smallest absolute Gasteiger partial charge is 0.251 e. The molecule has 0 spiro atoms. The molecule has 1 amide bonds. The molecule has 4 heteroatoms. The minimum Gasteiger partial charge on any atom is -0.306 e. The first-order valence-electron chi connectivity index (χ1n) is 5.65. The van der Waals surface area contributed by atoms with Crippen LogP contribution >= 0.6 is 0 Å². The van der Waals surface area contributed by atoms with E-state index in [4.69, 9.17) is 0 Å². The van der Waals surface area contributed by atoms with Gasteiger partial charge in [-0.3, -0.25) is 10.2 Å². The van der Waals surface area contributed by atoms with Crippen LogP contribution in [0.25, 0.3) is 0 Å². The third kappa shape index (κ3) is 2.45. The first-order valence-corrected chi connectivity index (χ1v) is 5.65. The molecule has 80 valence electrons. The van der Waals surface area contributed by atoms with E-state index in [1.165, 1.54) is 19.3 Å². The molecule has 2 saturated heterocycles. The minimum absolute atomic E-state index is 0.0527. The third-order valence-electron chi connectivity index (χ3n) is 3.00. The van der Waals surface area contributed by atoms with E-state index in [1.807, 2.05) is 0 Å². The largest absolute Gasteiger partial charge is 0.306 e. The molecule has 0 radical (unpaired) electrons. The maximum atomic E-state index is 11.7. The second-order valence-corrected chi connectivity index (χ2v) is 4.17. The van der Waals surface area contributed by atoms with Gasteiger partial charge in [-0.25, -0.2) is 5.01 Å². The molecule has 1 unspecified atom stereocenters. The lowest BCUT2D eigenvalue weighted by molar-refractivity contribution is -0.128. The highest BCUT2D eigenvalue weighted by molar-refractivity contribution is 5.81. The van der Waals surface area contributed by atoms with E-state index in [0.29, 0.717) is 0 Å². The highest BCUT2D eigenvalue weighted by Gasteiger charge is 2.23. The SMILES string of the molecule is O=C(NN1CCCCC1)C1CCCN1. The zero-order valence-electron chi connectivity index (χ0n) is 8.59. The van der Waals surface area contributed by atoms with Crippen LogP contribution in [0.15, 0.2) is 0 Å². The Hall–Kier alpha value is -0.610. The summed E-state index contributed by atoms with van der Waals surface area (Å²) in [4.78, 5) is 11.7. The number of piperidine rings is 1. The molecule has 0 bridgehead atoms. The second kappa shape index (κ2) is 4.75. The number of hydrogen-bond donors (Lipinski definition) is 2. The Morgan fingerprint density at radius 3 is 2.64 bits per heavy atom. The average molecular weight is 197 g/mol. The molecule has 2 rings (SSSR count). The molecule has 14 heavy (non-hydrogen) atoms. The Labute approximate surface area is 85.0 Å². The predicted molar refractivity (Wildman–Crippen MR) is 54.6 cm³/mol. The van der Waals surface area contributed by atoms with E-state index in [1.54, 1.807) is 0 Å². The number of carbonyl (C=O) groups is 1. The second-order valence-electron chi connectivity index (χ2n) is 4.17. The summed E-state index contributed by atoms with van der Waals surface area (Å²) in [6, 6.07) is 0.0527. The van der Waals surface area contributed by atoms with Gasteiger partial charge in [0.15, 0.2) is 0 Å². The summed E-state index contributed by atoms with van der Waals surface area (Å²) in [6.45, 7) is 3.01. The van der Waals surface area contributed by atoms with Crippen LogP contribution in [0.5, 0.6) is 0 Å². The zero-order valence-corrected chi connectivity index (χ0v) is 8.59. The minimum atomic E-state index is 0.0527. The van der Waals surface area contributed by atoms with Crippen LogP contribution in [0.1, 0.15) is 32.1 Å². The van der Waals surface area contributed by atoms with Gasteiger partial charge in [-0.1, -0.05) is 6.42 Å². The van der Waals surface area contributed by atoms with Gasteiger partial charge in [0.2, 0.25) is 0 Å². The molecule has 0 aromatic carbocycles. The average Bonchev–Trinajstić information content (AvgIpc) is 2.72. The van der Waals surface area contributed by atoms with Crippen LogP contribution in [-0.4, -0.2) is 36.6 Å². The van der Waals surface area contributed by atoms with E-state index in [2.05, 4.69) is 15.8 Å².